The molecule has 10 heteroatoms. The van der Waals surface area contributed by atoms with Crippen LogP contribution < -0.4 is 4.18 Å². The third-order valence-corrected chi connectivity index (χ3v) is 2.97. The summed E-state index contributed by atoms with van der Waals surface area (Å²) >= 11 is 8.22. The van der Waals surface area contributed by atoms with Crippen LogP contribution in [0.15, 0.2) is 16.7 Å². The fourth-order valence-corrected chi connectivity index (χ4v) is 1.88. The predicted molar refractivity (Wildman–Crippen MR) is 52.5 cm³/mol. The molecule has 0 radical (unpaired) electrons. The number of nitrogens with zero attached hydrogens (tertiary/aromatic N) is 1. The first kappa shape index (κ1) is 13.5. The van der Waals surface area contributed by atoms with Crippen LogP contribution in [0.1, 0.15) is 0 Å². The Labute approximate surface area is 102 Å². The molecule has 0 amide bonds. The summed E-state index contributed by atoms with van der Waals surface area (Å²) in [5.41, 5.74) is -5.51. The summed E-state index contributed by atoms with van der Waals surface area (Å²) in [4.78, 5) is 3.30. The molecule has 0 saturated carbocycles. The summed E-state index contributed by atoms with van der Waals surface area (Å²) in [6, 6.07) is 1.15. The standard InChI is InChI=1S/C6H2BrClF3NO3S/c7-4-1-3(8)2-12-5(4)15-16(13,14)6(9,10)11/h1-2H. The topological polar surface area (TPSA) is 56.3 Å². The van der Waals surface area contributed by atoms with E-state index in [1.54, 1.807) is 0 Å². The molecule has 0 unspecified atom stereocenters. The number of halogens is 5. The Morgan fingerprint density at radius 1 is 1.44 bits per heavy atom. The normalized spacial score (nSPS) is 12.6. The highest BCUT2D eigenvalue weighted by molar-refractivity contribution is 9.10. The van der Waals surface area contributed by atoms with Crippen molar-refractivity contribution >= 4 is 37.6 Å². The van der Waals surface area contributed by atoms with Crippen molar-refractivity contribution in [2.75, 3.05) is 0 Å². The first-order valence-electron chi connectivity index (χ1n) is 3.45. The van der Waals surface area contributed by atoms with E-state index in [4.69, 9.17) is 11.6 Å². The average molecular weight is 341 g/mol. The van der Waals surface area contributed by atoms with E-state index < -0.39 is 21.5 Å². The van der Waals surface area contributed by atoms with Crippen LogP contribution in [0.2, 0.25) is 5.02 Å². The summed E-state index contributed by atoms with van der Waals surface area (Å²) in [5, 5.41) is 0.114. The molecule has 0 N–H and O–H groups in total. The summed E-state index contributed by atoms with van der Waals surface area (Å²) in [7, 11) is -5.72. The van der Waals surface area contributed by atoms with Crippen LogP contribution in [0, 0.1) is 0 Å². The Morgan fingerprint density at radius 2 is 2.00 bits per heavy atom. The van der Waals surface area contributed by atoms with E-state index >= 15 is 0 Å². The van der Waals surface area contributed by atoms with Gasteiger partial charge in [-0.3, -0.25) is 0 Å². The van der Waals surface area contributed by atoms with Crippen LogP contribution in [-0.4, -0.2) is 18.9 Å². The van der Waals surface area contributed by atoms with Crippen molar-refractivity contribution in [1.29, 1.82) is 0 Å². The van der Waals surface area contributed by atoms with E-state index in [2.05, 4.69) is 25.1 Å². The van der Waals surface area contributed by atoms with E-state index in [1.807, 2.05) is 0 Å². The van der Waals surface area contributed by atoms with Gasteiger partial charge in [0.05, 0.1) is 9.50 Å². The Hall–Kier alpha value is -0.540. The largest absolute Gasteiger partial charge is 0.534 e. The van der Waals surface area contributed by atoms with Crippen molar-refractivity contribution < 1.29 is 25.8 Å². The van der Waals surface area contributed by atoms with Gasteiger partial charge in [0.2, 0.25) is 5.88 Å². The highest BCUT2D eigenvalue weighted by Crippen LogP contribution is 2.31. The van der Waals surface area contributed by atoms with Crippen LogP contribution in [0.3, 0.4) is 0 Å². The van der Waals surface area contributed by atoms with Gasteiger partial charge in [0.1, 0.15) is 0 Å². The Bertz CT molecular complexity index is 504. The highest BCUT2D eigenvalue weighted by atomic mass is 79.9. The van der Waals surface area contributed by atoms with Gasteiger partial charge >= 0.3 is 15.6 Å². The number of aromatic nitrogens is 1. The fourth-order valence-electron chi connectivity index (χ4n) is 0.615. The molecular formula is C6H2BrClF3NO3S. The third-order valence-electron chi connectivity index (χ3n) is 1.25. The highest BCUT2D eigenvalue weighted by Gasteiger charge is 2.49. The van der Waals surface area contributed by atoms with Crippen LogP contribution in [0.5, 0.6) is 5.88 Å². The van der Waals surface area contributed by atoms with E-state index in [0.29, 0.717) is 0 Å². The minimum Gasteiger partial charge on any atom is -0.354 e. The lowest BCUT2D eigenvalue weighted by molar-refractivity contribution is -0.0501. The lowest BCUT2D eigenvalue weighted by Crippen LogP contribution is -2.28. The molecule has 0 saturated heterocycles. The van der Waals surface area contributed by atoms with Gasteiger partial charge < -0.3 is 4.18 Å². The van der Waals surface area contributed by atoms with E-state index in [0.717, 1.165) is 12.3 Å². The second kappa shape index (κ2) is 4.38. The number of alkyl halides is 3. The zero-order valence-corrected chi connectivity index (χ0v) is 10.3. The van der Waals surface area contributed by atoms with Crippen LogP contribution >= 0.6 is 27.5 Å². The molecule has 0 aromatic carbocycles. The van der Waals surface area contributed by atoms with Gasteiger partial charge in [0.25, 0.3) is 0 Å². The average Bonchev–Trinajstić information content (AvgIpc) is 2.08. The molecule has 1 aromatic rings. The lowest BCUT2D eigenvalue weighted by Gasteiger charge is -2.09. The summed E-state index contributed by atoms with van der Waals surface area (Å²) in [6.07, 6.45) is 0.952. The second-order valence-corrected chi connectivity index (χ2v) is 5.25. The van der Waals surface area contributed by atoms with Crippen molar-refractivity contribution in [2.24, 2.45) is 0 Å². The predicted octanol–water partition coefficient (Wildman–Crippen LogP) is 2.73. The smallest absolute Gasteiger partial charge is 0.354 e. The van der Waals surface area contributed by atoms with E-state index in [9.17, 15) is 21.6 Å². The number of hydrogen-bond donors (Lipinski definition) is 0. The zero-order valence-electron chi connectivity index (χ0n) is 7.12. The maximum absolute atomic E-state index is 11.9. The molecular weight excluding hydrogens is 338 g/mol. The molecule has 4 nitrogen and oxygen atoms in total. The summed E-state index contributed by atoms with van der Waals surface area (Å²) < 4.78 is 60.8. The van der Waals surface area contributed by atoms with E-state index in [-0.39, 0.29) is 9.50 Å². The molecule has 0 fully saturated rings. The maximum Gasteiger partial charge on any atom is 0.534 e. The number of hydrogen-bond acceptors (Lipinski definition) is 4. The van der Waals surface area contributed by atoms with Crippen molar-refractivity contribution in [3.05, 3.63) is 21.8 Å². The first-order valence-corrected chi connectivity index (χ1v) is 6.03. The zero-order chi connectivity index (χ0) is 12.6. The van der Waals surface area contributed by atoms with Crippen molar-refractivity contribution in [1.82, 2.24) is 4.98 Å². The number of pyridine rings is 1. The van der Waals surface area contributed by atoms with Gasteiger partial charge in [-0.1, -0.05) is 11.6 Å². The Balaban J connectivity index is 3.07. The lowest BCUT2D eigenvalue weighted by atomic mass is 10.5. The second-order valence-electron chi connectivity index (χ2n) is 2.42. The van der Waals surface area contributed by atoms with Crippen LogP contribution in [-0.2, 0) is 10.1 Å². The molecule has 1 rings (SSSR count). The Kier molecular flexibility index (Phi) is 3.70. The van der Waals surface area contributed by atoms with Gasteiger partial charge in [-0.25, -0.2) is 4.98 Å². The van der Waals surface area contributed by atoms with Gasteiger partial charge in [-0.15, -0.1) is 0 Å². The minimum atomic E-state index is -5.72. The van der Waals surface area contributed by atoms with Gasteiger partial charge in [0, 0.05) is 6.20 Å². The van der Waals surface area contributed by atoms with Gasteiger partial charge in [0.15, 0.2) is 0 Å². The minimum absolute atomic E-state index is 0.104. The molecule has 0 atom stereocenters. The molecule has 0 aliphatic rings. The van der Waals surface area contributed by atoms with Crippen LogP contribution in [0.25, 0.3) is 0 Å². The van der Waals surface area contributed by atoms with Crippen molar-refractivity contribution in [3.63, 3.8) is 0 Å². The maximum atomic E-state index is 11.9. The van der Waals surface area contributed by atoms with Crippen molar-refractivity contribution in [3.8, 4) is 5.88 Å². The third kappa shape index (κ3) is 2.98. The SMILES string of the molecule is O=S(=O)(Oc1ncc(Cl)cc1Br)C(F)(F)F. The summed E-state index contributed by atoms with van der Waals surface area (Å²) in [6.45, 7) is 0. The van der Waals surface area contributed by atoms with Gasteiger partial charge in [-0.05, 0) is 22.0 Å². The molecule has 0 bridgehead atoms. The molecule has 0 aliphatic heterocycles. The van der Waals surface area contributed by atoms with Crippen LogP contribution in [0.4, 0.5) is 13.2 Å². The monoisotopic (exact) mass is 339 g/mol. The molecule has 0 aliphatic carbocycles. The quantitative estimate of drug-likeness (QED) is 0.613. The van der Waals surface area contributed by atoms with Gasteiger partial charge in [-0.2, -0.15) is 21.6 Å². The fraction of sp³-hybridized carbons (Fsp3) is 0.167. The summed E-state index contributed by atoms with van der Waals surface area (Å²) in [5.74, 6) is -0.735. The number of rotatable bonds is 2. The molecule has 0 spiro atoms. The molecule has 90 valence electrons. The van der Waals surface area contributed by atoms with E-state index in [1.165, 1.54) is 0 Å². The molecule has 1 aromatic heterocycles. The molecule has 16 heavy (non-hydrogen) atoms. The van der Waals surface area contributed by atoms with Crippen molar-refractivity contribution in [2.45, 2.75) is 5.51 Å². The Morgan fingerprint density at radius 3 is 2.44 bits per heavy atom. The first-order chi connectivity index (χ1) is 7.13. The molecule has 1 heterocycles.